The Morgan fingerprint density at radius 3 is 3.19 bits per heavy atom. The topological polar surface area (TPSA) is 82.2 Å². The van der Waals surface area contributed by atoms with Gasteiger partial charge >= 0.3 is 0 Å². The van der Waals surface area contributed by atoms with Gasteiger partial charge in [-0.2, -0.15) is 5.10 Å². The third kappa shape index (κ3) is 2.07. The van der Waals surface area contributed by atoms with Crippen molar-refractivity contribution in [3.63, 3.8) is 0 Å². The first-order chi connectivity index (χ1) is 7.72. The summed E-state index contributed by atoms with van der Waals surface area (Å²) in [6, 6.07) is 0. The summed E-state index contributed by atoms with van der Waals surface area (Å²) in [6.07, 6.45) is 5.04. The molecular formula is C10H16N4O2. The molecule has 6 heteroatoms. The van der Waals surface area contributed by atoms with Crippen molar-refractivity contribution in [3.05, 3.63) is 18.0 Å². The molecule has 1 aromatic rings. The van der Waals surface area contributed by atoms with E-state index in [4.69, 9.17) is 10.6 Å². The molecule has 1 amide bonds. The van der Waals surface area contributed by atoms with E-state index in [1.807, 2.05) is 13.2 Å². The molecule has 0 aromatic carbocycles. The number of hydrogen-bond acceptors (Lipinski definition) is 4. The Bertz CT molecular complexity index is 377. The van der Waals surface area contributed by atoms with Crippen LogP contribution in [-0.2, 0) is 16.6 Å². The van der Waals surface area contributed by atoms with E-state index in [0.717, 1.165) is 18.4 Å². The Morgan fingerprint density at radius 2 is 2.56 bits per heavy atom. The maximum Gasteiger partial charge on any atom is 0.239 e. The molecule has 0 aliphatic carbocycles. The van der Waals surface area contributed by atoms with Gasteiger partial charge in [-0.3, -0.25) is 14.9 Å². The summed E-state index contributed by atoms with van der Waals surface area (Å²) < 4.78 is 7.34. The lowest BCUT2D eigenvalue weighted by Gasteiger charge is -2.29. The van der Waals surface area contributed by atoms with Gasteiger partial charge in [0.1, 0.15) is 0 Å². The SMILES string of the molecule is Cn1cc([C@@H]2OCCC[C@H]2C(=O)NN)cn1. The van der Waals surface area contributed by atoms with Crippen LogP contribution in [0.2, 0.25) is 0 Å². The van der Waals surface area contributed by atoms with Crippen LogP contribution in [0.1, 0.15) is 24.5 Å². The quantitative estimate of drug-likeness (QED) is 0.417. The summed E-state index contributed by atoms with van der Waals surface area (Å²) in [5, 5.41) is 4.09. The monoisotopic (exact) mass is 224 g/mol. The molecule has 88 valence electrons. The van der Waals surface area contributed by atoms with E-state index in [1.165, 1.54) is 0 Å². The van der Waals surface area contributed by atoms with Crippen molar-refractivity contribution >= 4 is 5.91 Å². The van der Waals surface area contributed by atoms with E-state index in [9.17, 15) is 4.79 Å². The van der Waals surface area contributed by atoms with E-state index in [0.29, 0.717) is 6.61 Å². The van der Waals surface area contributed by atoms with E-state index in [-0.39, 0.29) is 17.9 Å². The van der Waals surface area contributed by atoms with E-state index in [2.05, 4.69) is 10.5 Å². The van der Waals surface area contributed by atoms with E-state index >= 15 is 0 Å². The molecular weight excluding hydrogens is 208 g/mol. The first kappa shape index (κ1) is 11.1. The van der Waals surface area contributed by atoms with Gasteiger partial charge in [0.05, 0.1) is 18.2 Å². The summed E-state index contributed by atoms with van der Waals surface area (Å²) in [5.41, 5.74) is 3.12. The predicted molar refractivity (Wildman–Crippen MR) is 57.0 cm³/mol. The molecule has 1 saturated heterocycles. The molecule has 1 aliphatic heterocycles. The summed E-state index contributed by atoms with van der Waals surface area (Å²) in [6.45, 7) is 0.675. The number of aryl methyl sites for hydroxylation is 1. The highest BCUT2D eigenvalue weighted by Gasteiger charge is 2.33. The second kappa shape index (κ2) is 4.63. The highest BCUT2D eigenvalue weighted by molar-refractivity contribution is 5.78. The highest BCUT2D eigenvalue weighted by Crippen LogP contribution is 2.33. The second-order valence-corrected chi connectivity index (χ2v) is 4.00. The summed E-state index contributed by atoms with van der Waals surface area (Å²) in [7, 11) is 1.84. The van der Waals surface area contributed by atoms with Gasteiger partial charge in [0.25, 0.3) is 0 Å². The fraction of sp³-hybridized carbons (Fsp3) is 0.600. The molecule has 3 N–H and O–H groups in total. The van der Waals surface area contributed by atoms with Crippen molar-refractivity contribution in [1.29, 1.82) is 0 Å². The molecule has 16 heavy (non-hydrogen) atoms. The molecule has 1 fully saturated rings. The summed E-state index contributed by atoms with van der Waals surface area (Å²) in [4.78, 5) is 11.6. The molecule has 2 rings (SSSR count). The molecule has 2 atom stereocenters. The molecule has 0 saturated carbocycles. The van der Waals surface area contributed by atoms with Gasteiger partial charge < -0.3 is 4.74 Å². The van der Waals surface area contributed by atoms with Crippen LogP contribution in [0.15, 0.2) is 12.4 Å². The maximum atomic E-state index is 11.6. The molecule has 2 heterocycles. The van der Waals surface area contributed by atoms with Crippen LogP contribution in [0.3, 0.4) is 0 Å². The van der Waals surface area contributed by atoms with Crippen molar-refractivity contribution in [1.82, 2.24) is 15.2 Å². The number of ether oxygens (including phenoxy) is 1. The molecule has 0 spiro atoms. The fourth-order valence-corrected chi connectivity index (χ4v) is 2.07. The van der Waals surface area contributed by atoms with Gasteiger partial charge in [-0.15, -0.1) is 0 Å². The van der Waals surface area contributed by atoms with Crippen LogP contribution in [0.4, 0.5) is 0 Å². The average molecular weight is 224 g/mol. The highest BCUT2D eigenvalue weighted by atomic mass is 16.5. The predicted octanol–water partition coefficient (Wildman–Crippen LogP) is -0.122. The first-order valence-corrected chi connectivity index (χ1v) is 5.33. The largest absolute Gasteiger partial charge is 0.373 e. The number of carbonyl (C=O) groups is 1. The van der Waals surface area contributed by atoms with Crippen LogP contribution >= 0.6 is 0 Å². The van der Waals surface area contributed by atoms with Crippen LogP contribution in [0.25, 0.3) is 0 Å². The van der Waals surface area contributed by atoms with Crippen LogP contribution in [0, 0.1) is 5.92 Å². The zero-order valence-corrected chi connectivity index (χ0v) is 9.22. The Kier molecular flexibility index (Phi) is 3.21. The number of nitrogens with zero attached hydrogens (tertiary/aromatic N) is 2. The molecule has 0 radical (unpaired) electrons. The number of nitrogens with two attached hydrogens (primary N) is 1. The van der Waals surface area contributed by atoms with Gasteiger partial charge in [0.15, 0.2) is 0 Å². The molecule has 0 bridgehead atoms. The van der Waals surface area contributed by atoms with Crippen molar-refractivity contribution in [2.24, 2.45) is 18.8 Å². The Hall–Kier alpha value is -1.40. The number of amides is 1. The molecule has 6 nitrogen and oxygen atoms in total. The lowest BCUT2D eigenvalue weighted by molar-refractivity contribution is -0.134. The van der Waals surface area contributed by atoms with Gasteiger partial charge in [0.2, 0.25) is 5.91 Å². The van der Waals surface area contributed by atoms with Gasteiger partial charge in [-0.05, 0) is 12.8 Å². The van der Waals surface area contributed by atoms with Crippen molar-refractivity contribution in [3.8, 4) is 0 Å². The number of hydrazine groups is 1. The van der Waals surface area contributed by atoms with Crippen LogP contribution in [0.5, 0.6) is 0 Å². The van der Waals surface area contributed by atoms with Gasteiger partial charge in [-0.1, -0.05) is 0 Å². The zero-order valence-electron chi connectivity index (χ0n) is 9.22. The first-order valence-electron chi connectivity index (χ1n) is 5.33. The van der Waals surface area contributed by atoms with Crippen molar-refractivity contribution in [2.75, 3.05) is 6.61 Å². The Labute approximate surface area is 93.7 Å². The van der Waals surface area contributed by atoms with E-state index < -0.39 is 0 Å². The lowest BCUT2D eigenvalue weighted by Crippen LogP contribution is -2.40. The Balaban J connectivity index is 2.19. The minimum Gasteiger partial charge on any atom is -0.373 e. The van der Waals surface area contributed by atoms with Gasteiger partial charge in [0, 0.05) is 25.4 Å². The number of hydrogen-bond donors (Lipinski definition) is 2. The van der Waals surface area contributed by atoms with Gasteiger partial charge in [-0.25, -0.2) is 5.84 Å². The van der Waals surface area contributed by atoms with Crippen LogP contribution in [-0.4, -0.2) is 22.3 Å². The number of aromatic nitrogens is 2. The van der Waals surface area contributed by atoms with Crippen molar-refractivity contribution in [2.45, 2.75) is 18.9 Å². The van der Waals surface area contributed by atoms with E-state index in [1.54, 1.807) is 10.9 Å². The molecule has 1 aromatic heterocycles. The van der Waals surface area contributed by atoms with Crippen molar-refractivity contribution < 1.29 is 9.53 Å². The standard InChI is InChI=1S/C10H16N4O2/c1-14-6-7(5-12-14)9-8(10(15)13-11)3-2-4-16-9/h5-6,8-9H,2-4,11H2,1H3,(H,13,15)/t8-,9+/m1/s1. The smallest absolute Gasteiger partial charge is 0.239 e. The minimum absolute atomic E-state index is 0.173. The summed E-state index contributed by atoms with van der Waals surface area (Å²) >= 11 is 0. The molecule has 1 aliphatic rings. The van der Waals surface area contributed by atoms with Crippen LogP contribution < -0.4 is 11.3 Å². The minimum atomic E-state index is -0.231. The zero-order chi connectivity index (χ0) is 11.5. The summed E-state index contributed by atoms with van der Waals surface area (Å²) in [5.74, 6) is 4.78. The lowest BCUT2D eigenvalue weighted by atomic mass is 9.90. The maximum absolute atomic E-state index is 11.6. The second-order valence-electron chi connectivity index (χ2n) is 4.00. The normalized spacial score (nSPS) is 25.4. The number of rotatable bonds is 2. The Morgan fingerprint density at radius 1 is 1.75 bits per heavy atom. The average Bonchev–Trinajstić information content (AvgIpc) is 2.75. The molecule has 0 unspecified atom stereocenters. The number of nitrogens with one attached hydrogen (secondary N) is 1. The third-order valence-electron chi connectivity index (χ3n) is 2.85. The third-order valence-corrected chi connectivity index (χ3v) is 2.85. The number of carbonyl (C=O) groups excluding carboxylic acids is 1. The fourth-order valence-electron chi connectivity index (χ4n) is 2.07.